The zero-order valence-corrected chi connectivity index (χ0v) is 12.5. The van der Waals surface area contributed by atoms with Crippen LogP contribution in [0, 0.1) is 0 Å². The first-order chi connectivity index (χ1) is 8.90. The van der Waals surface area contributed by atoms with Crippen molar-refractivity contribution in [3.05, 3.63) is 28.2 Å². The molecule has 0 fully saturated rings. The Morgan fingerprint density at radius 1 is 1.47 bits per heavy atom. The predicted molar refractivity (Wildman–Crippen MR) is 73.4 cm³/mol. The van der Waals surface area contributed by atoms with Gasteiger partial charge in [-0.05, 0) is 31.5 Å². The molecule has 1 atom stereocenters. The summed E-state index contributed by atoms with van der Waals surface area (Å²) < 4.78 is 29.9. The quantitative estimate of drug-likeness (QED) is 0.802. The van der Waals surface area contributed by atoms with Gasteiger partial charge in [0.05, 0.1) is 6.61 Å². The molecular weight excluding hydrogens is 320 g/mol. The Morgan fingerprint density at radius 2 is 2.16 bits per heavy atom. The van der Waals surface area contributed by atoms with Crippen LogP contribution < -0.4 is 10.1 Å². The Bertz CT molecular complexity index is 412. The molecule has 0 bridgehead atoms. The highest BCUT2D eigenvalue weighted by Gasteiger charge is 2.21. The van der Waals surface area contributed by atoms with E-state index in [0.717, 1.165) is 10.9 Å². The van der Waals surface area contributed by atoms with Gasteiger partial charge in [-0.15, -0.1) is 0 Å². The number of aliphatic hydroxyl groups is 1. The standard InChI is InChI=1S/C13H18BrF2NO2/c1-3-13(2,8-18)17-7-9-6-10(14)4-5-11(9)19-12(15)16/h4-6,12,17-18H,3,7-8H2,1-2H3. The number of ether oxygens (including phenoxy) is 1. The second kappa shape index (κ2) is 7.17. The molecule has 0 aliphatic carbocycles. The van der Waals surface area contributed by atoms with Crippen molar-refractivity contribution >= 4 is 15.9 Å². The van der Waals surface area contributed by atoms with Crippen molar-refractivity contribution < 1.29 is 18.6 Å². The van der Waals surface area contributed by atoms with Gasteiger partial charge >= 0.3 is 6.61 Å². The number of alkyl halides is 2. The van der Waals surface area contributed by atoms with Crippen molar-refractivity contribution in [3.8, 4) is 5.75 Å². The summed E-state index contributed by atoms with van der Waals surface area (Å²) in [7, 11) is 0. The average molecular weight is 338 g/mol. The van der Waals surface area contributed by atoms with E-state index in [-0.39, 0.29) is 12.4 Å². The summed E-state index contributed by atoms with van der Waals surface area (Å²) in [4.78, 5) is 0. The third-order valence-electron chi connectivity index (χ3n) is 3.07. The fourth-order valence-electron chi connectivity index (χ4n) is 1.50. The monoisotopic (exact) mass is 337 g/mol. The van der Waals surface area contributed by atoms with Gasteiger partial charge in [0.25, 0.3) is 0 Å². The molecule has 6 heteroatoms. The van der Waals surface area contributed by atoms with E-state index >= 15 is 0 Å². The lowest BCUT2D eigenvalue weighted by Gasteiger charge is -2.27. The van der Waals surface area contributed by atoms with E-state index in [1.807, 2.05) is 13.8 Å². The Morgan fingerprint density at radius 3 is 2.68 bits per heavy atom. The SMILES string of the molecule is CCC(C)(CO)NCc1cc(Br)ccc1OC(F)F. The van der Waals surface area contributed by atoms with Crippen LogP contribution >= 0.6 is 15.9 Å². The number of rotatable bonds is 7. The van der Waals surface area contributed by atoms with E-state index in [2.05, 4.69) is 26.0 Å². The fourth-order valence-corrected chi connectivity index (χ4v) is 1.91. The summed E-state index contributed by atoms with van der Waals surface area (Å²) >= 11 is 3.30. The van der Waals surface area contributed by atoms with Crippen molar-refractivity contribution in [1.82, 2.24) is 5.32 Å². The Balaban J connectivity index is 2.83. The van der Waals surface area contributed by atoms with Gasteiger partial charge in [-0.25, -0.2) is 0 Å². The number of aliphatic hydroxyl groups excluding tert-OH is 1. The maximum Gasteiger partial charge on any atom is 0.387 e. The van der Waals surface area contributed by atoms with Gasteiger partial charge in [-0.2, -0.15) is 8.78 Å². The molecule has 0 heterocycles. The number of nitrogens with one attached hydrogen (secondary N) is 1. The van der Waals surface area contributed by atoms with Crippen molar-refractivity contribution in [3.63, 3.8) is 0 Å². The number of benzene rings is 1. The molecule has 1 unspecified atom stereocenters. The van der Waals surface area contributed by atoms with Crippen LogP contribution in [0.5, 0.6) is 5.75 Å². The van der Waals surface area contributed by atoms with Gasteiger partial charge in [0.2, 0.25) is 0 Å². The molecule has 0 aliphatic rings. The summed E-state index contributed by atoms with van der Waals surface area (Å²) in [6, 6.07) is 4.86. The van der Waals surface area contributed by atoms with Crippen LogP contribution in [0.1, 0.15) is 25.8 Å². The van der Waals surface area contributed by atoms with Gasteiger partial charge in [0.1, 0.15) is 5.75 Å². The third kappa shape index (κ3) is 5.04. The molecule has 0 aliphatic heterocycles. The second-order valence-corrected chi connectivity index (χ2v) is 5.47. The molecular formula is C13H18BrF2NO2. The van der Waals surface area contributed by atoms with Crippen molar-refractivity contribution in [2.24, 2.45) is 0 Å². The molecule has 0 saturated carbocycles. The van der Waals surface area contributed by atoms with Crippen LogP contribution in [0.3, 0.4) is 0 Å². The van der Waals surface area contributed by atoms with Crippen LogP contribution in [0.15, 0.2) is 22.7 Å². The summed E-state index contributed by atoms with van der Waals surface area (Å²) in [5, 5.41) is 12.5. The molecule has 1 rings (SSSR count). The molecule has 0 aromatic heterocycles. The van der Waals surface area contributed by atoms with Crippen LogP contribution in [-0.2, 0) is 6.54 Å². The first-order valence-corrected chi connectivity index (χ1v) is 6.78. The zero-order valence-electron chi connectivity index (χ0n) is 10.9. The number of hydrogen-bond acceptors (Lipinski definition) is 3. The molecule has 3 nitrogen and oxygen atoms in total. The highest BCUT2D eigenvalue weighted by Crippen LogP contribution is 2.25. The molecule has 19 heavy (non-hydrogen) atoms. The average Bonchev–Trinajstić information content (AvgIpc) is 2.38. The van der Waals surface area contributed by atoms with E-state index in [0.29, 0.717) is 12.1 Å². The Kier molecular flexibility index (Phi) is 6.16. The van der Waals surface area contributed by atoms with Crippen molar-refractivity contribution in [2.75, 3.05) is 6.61 Å². The van der Waals surface area contributed by atoms with Crippen LogP contribution in [0.25, 0.3) is 0 Å². The molecule has 0 spiro atoms. The lowest BCUT2D eigenvalue weighted by atomic mass is 10.00. The molecule has 2 N–H and O–H groups in total. The smallest absolute Gasteiger partial charge is 0.387 e. The molecule has 1 aromatic carbocycles. The normalized spacial score (nSPS) is 14.5. The van der Waals surface area contributed by atoms with Crippen molar-refractivity contribution in [2.45, 2.75) is 39.0 Å². The first kappa shape index (κ1) is 16.3. The third-order valence-corrected chi connectivity index (χ3v) is 3.57. The molecule has 1 aromatic rings. The minimum absolute atomic E-state index is 0.0253. The van der Waals surface area contributed by atoms with Gasteiger partial charge < -0.3 is 15.2 Å². The van der Waals surface area contributed by atoms with Gasteiger partial charge in [-0.3, -0.25) is 0 Å². The van der Waals surface area contributed by atoms with E-state index in [9.17, 15) is 13.9 Å². The predicted octanol–water partition coefficient (Wildman–Crippen LogP) is 3.30. The van der Waals surface area contributed by atoms with Gasteiger partial charge in [0, 0.05) is 22.1 Å². The van der Waals surface area contributed by atoms with Gasteiger partial charge in [0.15, 0.2) is 0 Å². The van der Waals surface area contributed by atoms with Gasteiger partial charge in [-0.1, -0.05) is 22.9 Å². The fraction of sp³-hybridized carbons (Fsp3) is 0.538. The summed E-state index contributed by atoms with van der Waals surface area (Å²) in [5.74, 6) is 0.141. The highest BCUT2D eigenvalue weighted by atomic mass is 79.9. The Labute approximate surface area is 120 Å². The van der Waals surface area contributed by atoms with Crippen LogP contribution in [-0.4, -0.2) is 23.9 Å². The molecule has 0 saturated heterocycles. The molecule has 0 amide bonds. The maximum atomic E-state index is 12.3. The number of hydrogen-bond donors (Lipinski definition) is 2. The Hall–Kier alpha value is -0.720. The summed E-state index contributed by atoms with van der Waals surface area (Å²) in [6.45, 7) is 1.28. The highest BCUT2D eigenvalue weighted by molar-refractivity contribution is 9.10. The van der Waals surface area contributed by atoms with Crippen molar-refractivity contribution in [1.29, 1.82) is 0 Å². The summed E-state index contributed by atoms with van der Waals surface area (Å²) in [5.41, 5.74) is 0.174. The lowest BCUT2D eigenvalue weighted by molar-refractivity contribution is -0.0505. The number of halogens is 3. The zero-order chi connectivity index (χ0) is 14.5. The van der Waals surface area contributed by atoms with E-state index in [4.69, 9.17) is 0 Å². The minimum Gasteiger partial charge on any atom is -0.434 e. The topological polar surface area (TPSA) is 41.5 Å². The van der Waals surface area contributed by atoms with E-state index < -0.39 is 12.2 Å². The second-order valence-electron chi connectivity index (χ2n) is 4.56. The van der Waals surface area contributed by atoms with Crippen LogP contribution in [0.2, 0.25) is 0 Å². The molecule has 108 valence electrons. The maximum absolute atomic E-state index is 12.3. The minimum atomic E-state index is -2.85. The van der Waals surface area contributed by atoms with E-state index in [1.54, 1.807) is 12.1 Å². The first-order valence-electron chi connectivity index (χ1n) is 5.99. The van der Waals surface area contributed by atoms with E-state index in [1.165, 1.54) is 6.07 Å². The summed E-state index contributed by atoms with van der Waals surface area (Å²) in [6.07, 6.45) is 0.725. The largest absolute Gasteiger partial charge is 0.434 e. The molecule has 0 radical (unpaired) electrons. The lowest BCUT2D eigenvalue weighted by Crippen LogP contribution is -2.44. The van der Waals surface area contributed by atoms with Crippen LogP contribution in [0.4, 0.5) is 8.78 Å².